The lowest BCUT2D eigenvalue weighted by Crippen LogP contribution is -2.17. The zero-order valence-corrected chi connectivity index (χ0v) is 10.2. The highest BCUT2D eigenvalue weighted by molar-refractivity contribution is 5.01. The largest absolute Gasteiger partial charge is 0.331 e. The van der Waals surface area contributed by atoms with Gasteiger partial charge < -0.3 is 9.88 Å². The molecule has 0 spiro atoms. The van der Waals surface area contributed by atoms with Gasteiger partial charge >= 0.3 is 0 Å². The van der Waals surface area contributed by atoms with Crippen LogP contribution in [-0.4, -0.2) is 19.7 Å². The van der Waals surface area contributed by atoms with Crippen LogP contribution in [0, 0.1) is 0 Å². The SMILES string of the molecule is CC(C)n1cncc1CNCc1cccnn1. The summed E-state index contributed by atoms with van der Waals surface area (Å²) in [6, 6.07) is 4.29. The highest BCUT2D eigenvalue weighted by Crippen LogP contribution is 2.08. The number of nitrogens with one attached hydrogen (secondary N) is 1. The Bertz CT molecular complexity index is 449. The quantitative estimate of drug-likeness (QED) is 0.848. The monoisotopic (exact) mass is 231 g/mol. The maximum absolute atomic E-state index is 4.16. The summed E-state index contributed by atoms with van der Waals surface area (Å²) in [7, 11) is 0. The molecule has 0 aromatic carbocycles. The van der Waals surface area contributed by atoms with E-state index in [2.05, 4.69) is 38.9 Å². The van der Waals surface area contributed by atoms with Crippen LogP contribution in [0.3, 0.4) is 0 Å². The van der Waals surface area contributed by atoms with Crippen molar-refractivity contribution in [2.75, 3.05) is 0 Å². The lowest BCUT2D eigenvalue weighted by molar-refractivity contribution is 0.548. The Morgan fingerprint density at radius 1 is 1.35 bits per heavy atom. The van der Waals surface area contributed by atoms with E-state index < -0.39 is 0 Å². The number of aromatic nitrogens is 4. The van der Waals surface area contributed by atoms with Crippen LogP contribution in [0.1, 0.15) is 31.3 Å². The molecule has 1 N–H and O–H groups in total. The van der Waals surface area contributed by atoms with Gasteiger partial charge in [0.25, 0.3) is 0 Å². The molecule has 0 atom stereocenters. The minimum atomic E-state index is 0.436. The first kappa shape index (κ1) is 11.7. The second kappa shape index (κ2) is 5.54. The first-order chi connectivity index (χ1) is 8.27. The molecule has 2 heterocycles. The van der Waals surface area contributed by atoms with Crippen molar-refractivity contribution in [2.24, 2.45) is 0 Å². The van der Waals surface area contributed by atoms with Crippen LogP contribution in [0.5, 0.6) is 0 Å². The molecule has 5 heteroatoms. The number of rotatable bonds is 5. The van der Waals surface area contributed by atoms with Crippen molar-refractivity contribution in [3.63, 3.8) is 0 Å². The van der Waals surface area contributed by atoms with Crippen LogP contribution in [0.4, 0.5) is 0 Å². The van der Waals surface area contributed by atoms with Crippen LogP contribution < -0.4 is 5.32 Å². The highest BCUT2D eigenvalue weighted by Gasteiger charge is 2.04. The van der Waals surface area contributed by atoms with E-state index in [1.165, 1.54) is 5.69 Å². The zero-order chi connectivity index (χ0) is 12.1. The van der Waals surface area contributed by atoms with E-state index in [1.807, 2.05) is 24.7 Å². The van der Waals surface area contributed by atoms with E-state index in [0.29, 0.717) is 6.04 Å². The molecule has 0 fully saturated rings. The Labute approximate surface area is 101 Å². The Hall–Kier alpha value is -1.75. The Morgan fingerprint density at radius 3 is 2.94 bits per heavy atom. The van der Waals surface area contributed by atoms with Crippen molar-refractivity contribution in [2.45, 2.75) is 33.0 Å². The van der Waals surface area contributed by atoms with Gasteiger partial charge in [0, 0.05) is 31.5 Å². The predicted molar refractivity (Wildman–Crippen MR) is 65.2 cm³/mol. The fourth-order valence-electron chi connectivity index (χ4n) is 1.68. The Morgan fingerprint density at radius 2 is 2.24 bits per heavy atom. The van der Waals surface area contributed by atoms with Gasteiger partial charge in [0.15, 0.2) is 0 Å². The third kappa shape index (κ3) is 3.10. The number of hydrogen-bond donors (Lipinski definition) is 1. The van der Waals surface area contributed by atoms with E-state index in [1.54, 1.807) is 6.20 Å². The third-order valence-corrected chi connectivity index (χ3v) is 2.54. The summed E-state index contributed by atoms with van der Waals surface area (Å²) in [6.45, 7) is 5.80. The van der Waals surface area contributed by atoms with Crippen molar-refractivity contribution in [1.29, 1.82) is 0 Å². The van der Waals surface area contributed by atoms with Crippen molar-refractivity contribution >= 4 is 0 Å². The molecule has 0 saturated carbocycles. The smallest absolute Gasteiger partial charge is 0.0951 e. The molecule has 2 aromatic heterocycles. The lowest BCUT2D eigenvalue weighted by atomic mass is 10.3. The summed E-state index contributed by atoms with van der Waals surface area (Å²) < 4.78 is 2.16. The molecule has 0 bridgehead atoms. The van der Waals surface area contributed by atoms with Gasteiger partial charge in [-0.3, -0.25) is 0 Å². The summed E-state index contributed by atoms with van der Waals surface area (Å²) in [6.07, 6.45) is 5.44. The van der Waals surface area contributed by atoms with E-state index in [0.717, 1.165) is 18.8 Å². The fourth-order valence-corrected chi connectivity index (χ4v) is 1.68. The van der Waals surface area contributed by atoms with Crippen LogP contribution in [0.15, 0.2) is 30.9 Å². The minimum Gasteiger partial charge on any atom is -0.331 e. The maximum Gasteiger partial charge on any atom is 0.0951 e. The van der Waals surface area contributed by atoms with Crippen molar-refractivity contribution in [1.82, 2.24) is 25.1 Å². The molecular formula is C12H17N5. The lowest BCUT2D eigenvalue weighted by Gasteiger charge is -2.11. The summed E-state index contributed by atoms with van der Waals surface area (Å²) >= 11 is 0. The number of imidazole rings is 1. The topological polar surface area (TPSA) is 55.6 Å². The molecule has 0 amide bonds. The fraction of sp³-hybridized carbons (Fsp3) is 0.417. The standard InChI is InChI=1S/C12H17N5/c1-10(2)17-9-14-8-12(17)7-13-6-11-4-3-5-15-16-11/h3-5,8-10,13H,6-7H2,1-2H3. The molecule has 5 nitrogen and oxygen atoms in total. The normalized spacial score (nSPS) is 11.0. The van der Waals surface area contributed by atoms with E-state index in [4.69, 9.17) is 0 Å². The second-order valence-corrected chi connectivity index (χ2v) is 4.20. The Balaban J connectivity index is 1.88. The van der Waals surface area contributed by atoms with Gasteiger partial charge in [-0.15, -0.1) is 0 Å². The van der Waals surface area contributed by atoms with Gasteiger partial charge in [0.05, 0.1) is 17.7 Å². The second-order valence-electron chi connectivity index (χ2n) is 4.20. The zero-order valence-electron chi connectivity index (χ0n) is 10.2. The molecule has 17 heavy (non-hydrogen) atoms. The molecule has 0 saturated heterocycles. The predicted octanol–water partition coefficient (Wildman–Crippen LogP) is 1.54. The van der Waals surface area contributed by atoms with Gasteiger partial charge in [0.2, 0.25) is 0 Å². The molecule has 2 rings (SSSR count). The summed E-state index contributed by atoms with van der Waals surface area (Å²) in [4.78, 5) is 4.16. The first-order valence-corrected chi connectivity index (χ1v) is 5.75. The van der Waals surface area contributed by atoms with Gasteiger partial charge in [0.1, 0.15) is 0 Å². The number of nitrogens with zero attached hydrogens (tertiary/aromatic N) is 4. The van der Waals surface area contributed by atoms with Gasteiger partial charge in [-0.2, -0.15) is 10.2 Å². The molecule has 90 valence electrons. The van der Waals surface area contributed by atoms with E-state index in [-0.39, 0.29) is 0 Å². The van der Waals surface area contributed by atoms with Crippen LogP contribution in [0.25, 0.3) is 0 Å². The average molecular weight is 231 g/mol. The molecule has 0 aliphatic carbocycles. The van der Waals surface area contributed by atoms with Crippen molar-refractivity contribution < 1.29 is 0 Å². The summed E-state index contributed by atoms with van der Waals surface area (Å²) in [5, 5.41) is 11.2. The summed E-state index contributed by atoms with van der Waals surface area (Å²) in [5.74, 6) is 0. The highest BCUT2D eigenvalue weighted by atomic mass is 15.1. The third-order valence-electron chi connectivity index (χ3n) is 2.54. The summed E-state index contributed by atoms with van der Waals surface area (Å²) in [5.41, 5.74) is 2.13. The number of hydrogen-bond acceptors (Lipinski definition) is 4. The van der Waals surface area contributed by atoms with Crippen LogP contribution in [0.2, 0.25) is 0 Å². The van der Waals surface area contributed by atoms with Gasteiger partial charge in [-0.05, 0) is 26.0 Å². The molecule has 0 unspecified atom stereocenters. The van der Waals surface area contributed by atoms with Crippen LogP contribution in [-0.2, 0) is 13.1 Å². The van der Waals surface area contributed by atoms with E-state index in [9.17, 15) is 0 Å². The first-order valence-electron chi connectivity index (χ1n) is 5.75. The van der Waals surface area contributed by atoms with Gasteiger partial charge in [-0.25, -0.2) is 4.98 Å². The molecule has 2 aromatic rings. The molecular weight excluding hydrogens is 214 g/mol. The van der Waals surface area contributed by atoms with E-state index >= 15 is 0 Å². The Kier molecular flexibility index (Phi) is 3.82. The molecule has 0 radical (unpaired) electrons. The average Bonchev–Trinajstić information content (AvgIpc) is 2.79. The maximum atomic E-state index is 4.16. The van der Waals surface area contributed by atoms with Crippen molar-refractivity contribution in [3.8, 4) is 0 Å². The van der Waals surface area contributed by atoms with Gasteiger partial charge in [-0.1, -0.05) is 0 Å². The van der Waals surface area contributed by atoms with Crippen LogP contribution >= 0.6 is 0 Å². The molecule has 0 aliphatic rings. The minimum absolute atomic E-state index is 0.436. The molecule has 0 aliphatic heterocycles. The van der Waals surface area contributed by atoms with Crippen molar-refractivity contribution in [3.05, 3.63) is 42.2 Å².